The average molecular weight is 231 g/mol. The van der Waals surface area contributed by atoms with E-state index in [-0.39, 0.29) is 0 Å². The Labute approximate surface area is 104 Å². The fourth-order valence-corrected chi connectivity index (χ4v) is 1.79. The molecular weight excluding hydrogens is 210 g/mol. The van der Waals surface area contributed by atoms with Gasteiger partial charge in [-0.1, -0.05) is 20.3 Å². The van der Waals surface area contributed by atoms with Gasteiger partial charge in [0.15, 0.2) is 0 Å². The largest absolute Gasteiger partial charge is 0.310 e. The Morgan fingerprint density at radius 2 is 2.24 bits per heavy atom. The summed E-state index contributed by atoms with van der Waals surface area (Å²) >= 11 is 0. The van der Waals surface area contributed by atoms with E-state index in [1.54, 1.807) is 6.20 Å². The zero-order chi connectivity index (χ0) is 12.7. The van der Waals surface area contributed by atoms with E-state index >= 15 is 0 Å². The summed E-state index contributed by atoms with van der Waals surface area (Å²) in [7, 11) is 0. The third-order valence-electron chi connectivity index (χ3n) is 3.05. The van der Waals surface area contributed by atoms with Gasteiger partial charge in [0.2, 0.25) is 0 Å². The maximum absolute atomic E-state index is 8.76. The zero-order valence-electron chi connectivity index (χ0n) is 10.9. The lowest BCUT2D eigenvalue weighted by atomic mass is 10.0. The van der Waals surface area contributed by atoms with Crippen molar-refractivity contribution >= 4 is 0 Å². The smallest absolute Gasteiger partial charge is 0.140 e. The molecule has 1 rings (SSSR count). The lowest BCUT2D eigenvalue weighted by Gasteiger charge is -2.17. The van der Waals surface area contributed by atoms with Crippen LogP contribution in [0.3, 0.4) is 0 Å². The van der Waals surface area contributed by atoms with Crippen molar-refractivity contribution in [2.24, 2.45) is 5.92 Å². The highest BCUT2D eigenvalue weighted by molar-refractivity contribution is 5.25. The molecule has 1 aromatic heterocycles. The minimum Gasteiger partial charge on any atom is -0.310 e. The van der Waals surface area contributed by atoms with Crippen LogP contribution in [0.15, 0.2) is 18.3 Å². The van der Waals surface area contributed by atoms with Gasteiger partial charge in [-0.3, -0.25) is 0 Å². The van der Waals surface area contributed by atoms with E-state index in [2.05, 4.69) is 37.1 Å². The first-order valence-corrected chi connectivity index (χ1v) is 6.24. The fourth-order valence-electron chi connectivity index (χ4n) is 1.79. The van der Waals surface area contributed by atoms with Crippen LogP contribution in [0.25, 0.3) is 0 Å². The van der Waals surface area contributed by atoms with E-state index in [0.29, 0.717) is 11.7 Å². The van der Waals surface area contributed by atoms with Crippen LogP contribution in [0.4, 0.5) is 0 Å². The number of aromatic nitrogens is 1. The highest BCUT2D eigenvalue weighted by Crippen LogP contribution is 2.10. The summed E-state index contributed by atoms with van der Waals surface area (Å²) < 4.78 is 0. The van der Waals surface area contributed by atoms with Crippen LogP contribution in [-0.4, -0.2) is 11.0 Å². The molecule has 0 spiro atoms. The Morgan fingerprint density at radius 3 is 2.88 bits per heavy atom. The molecule has 0 aliphatic carbocycles. The summed E-state index contributed by atoms with van der Waals surface area (Å²) in [6.45, 7) is 7.51. The Bertz CT molecular complexity index is 381. The molecular formula is C14H21N3. The molecule has 3 nitrogen and oxygen atoms in total. The molecule has 1 aromatic rings. The van der Waals surface area contributed by atoms with E-state index in [1.165, 1.54) is 12.8 Å². The number of rotatable bonds is 6. The van der Waals surface area contributed by atoms with Gasteiger partial charge in [0, 0.05) is 18.8 Å². The summed E-state index contributed by atoms with van der Waals surface area (Å²) in [6, 6.07) is 6.35. The molecule has 0 aliphatic rings. The Hall–Kier alpha value is -1.40. The van der Waals surface area contributed by atoms with Gasteiger partial charge < -0.3 is 5.32 Å². The molecule has 0 saturated heterocycles. The quantitative estimate of drug-likeness (QED) is 0.819. The molecule has 2 unspecified atom stereocenters. The number of nitrogens with one attached hydrogen (secondary N) is 1. The van der Waals surface area contributed by atoms with Gasteiger partial charge in [-0.25, -0.2) is 4.98 Å². The summed E-state index contributed by atoms with van der Waals surface area (Å²) in [6.07, 6.45) is 4.10. The fraction of sp³-hybridized carbons (Fsp3) is 0.571. The first-order valence-electron chi connectivity index (χ1n) is 6.24. The minimum absolute atomic E-state index is 0.485. The van der Waals surface area contributed by atoms with Crippen LogP contribution in [0.2, 0.25) is 0 Å². The van der Waals surface area contributed by atoms with Crippen LogP contribution in [0, 0.1) is 17.2 Å². The van der Waals surface area contributed by atoms with Gasteiger partial charge in [0.25, 0.3) is 0 Å². The van der Waals surface area contributed by atoms with Gasteiger partial charge >= 0.3 is 0 Å². The molecule has 0 fully saturated rings. The number of nitrogens with zero attached hydrogens (tertiary/aromatic N) is 2. The molecule has 92 valence electrons. The average Bonchev–Trinajstić information content (AvgIpc) is 2.36. The van der Waals surface area contributed by atoms with Crippen molar-refractivity contribution in [1.82, 2.24) is 10.3 Å². The predicted molar refractivity (Wildman–Crippen MR) is 69.3 cm³/mol. The third kappa shape index (κ3) is 4.97. The number of hydrogen-bond acceptors (Lipinski definition) is 3. The lowest BCUT2D eigenvalue weighted by Crippen LogP contribution is -2.27. The highest BCUT2D eigenvalue weighted by atomic mass is 14.9. The molecule has 3 heteroatoms. The Kier molecular flexibility index (Phi) is 5.65. The van der Waals surface area contributed by atoms with E-state index < -0.39 is 0 Å². The third-order valence-corrected chi connectivity index (χ3v) is 3.05. The number of pyridine rings is 1. The summed E-state index contributed by atoms with van der Waals surface area (Å²) in [5.74, 6) is 0.754. The normalized spacial score (nSPS) is 14.0. The van der Waals surface area contributed by atoms with E-state index in [4.69, 9.17) is 5.26 Å². The highest BCUT2D eigenvalue weighted by Gasteiger charge is 2.06. The van der Waals surface area contributed by atoms with Crippen LogP contribution in [0.1, 0.15) is 44.9 Å². The second-order valence-corrected chi connectivity index (χ2v) is 4.69. The van der Waals surface area contributed by atoms with E-state index in [9.17, 15) is 0 Å². The molecule has 0 amide bonds. The second-order valence-electron chi connectivity index (χ2n) is 4.69. The molecule has 0 aliphatic heterocycles. The number of nitriles is 1. The molecule has 1 heterocycles. The second kappa shape index (κ2) is 7.03. The molecule has 0 bridgehead atoms. The van der Waals surface area contributed by atoms with Crippen molar-refractivity contribution in [3.63, 3.8) is 0 Å². The molecule has 1 N–H and O–H groups in total. The first-order chi connectivity index (χ1) is 8.15. The van der Waals surface area contributed by atoms with Crippen LogP contribution < -0.4 is 5.32 Å². The van der Waals surface area contributed by atoms with Crippen molar-refractivity contribution in [3.8, 4) is 6.07 Å². The minimum atomic E-state index is 0.485. The Morgan fingerprint density at radius 1 is 1.47 bits per heavy atom. The molecule has 2 atom stereocenters. The van der Waals surface area contributed by atoms with Gasteiger partial charge in [-0.2, -0.15) is 5.26 Å². The SMILES string of the molecule is CCC(C)CC(C)NCc1ccnc(C#N)c1. The van der Waals surface area contributed by atoms with Crippen LogP contribution in [-0.2, 0) is 6.54 Å². The van der Waals surface area contributed by atoms with E-state index in [0.717, 1.165) is 18.0 Å². The molecule has 17 heavy (non-hydrogen) atoms. The monoisotopic (exact) mass is 231 g/mol. The summed E-state index contributed by atoms with van der Waals surface area (Å²) in [4.78, 5) is 3.96. The molecule has 0 saturated carbocycles. The summed E-state index contributed by atoms with van der Waals surface area (Å²) in [5.41, 5.74) is 1.60. The summed E-state index contributed by atoms with van der Waals surface area (Å²) in [5, 5.41) is 12.2. The first kappa shape index (κ1) is 13.7. The van der Waals surface area contributed by atoms with Crippen LogP contribution >= 0.6 is 0 Å². The van der Waals surface area contributed by atoms with Gasteiger partial charge in [0.05, 0.1) is 0 Å². The topological polar surface area (TPSA) is 48.7 Å². The van der Waals surface area contributed by atoms with E-state index in [1.807, 2.05) is 12.1 Å². The van der Waals surface area contributed by atoms with Gasteiger partial charge in [-0.15, -0.1) is 0 Å². The van der Waals surface area contributed by atoms with Crippen molar-refractivity contribution in [1.29, 1.82) is 5.26 Å². The van der Waals surface area contributed by atoms with Crippen molar-refractivity contribution < 1.29 is 0 Å². The van der Waals surface area contributed by atoms with Crippen molar-refractivity contribution in [2.45, 2.75) is 46.2 Å². The Balaban J connectivity index is 2.42. The molecule has 0 radical (unpaired) electrons. The van der Waals surface area contributed by atoms with Gasteiger partial charge in [-0.05, 0) is 37.0 Å². The standard InChI is InChI=1S/C14H21N3/c1-4-11(2)7-12(3)17-10-13-5-6-16-14(8-13)9-15/h5-6,8,11-12,17H,4,7,10H2,1-3H3. The van der Waals surface area contributed by atoms with Crippen molar-refractivity contribution in [2.75, 3.05) is 0 Å². The van der Waals surface area contributed by atoms with Gasteiger partial charge in [0.1, 0.15) is 11.8 Å². The zero-order valence-corrected chi connectivity index (χ0v) is 10.9. The van der Waals surface area contributed by atoms with Crippen molar-refractivity contribution in [3.05, 3.63) is 29.6 Å². The maximum Gasteiger partial charge on any atom is 0.140 e. The lowest BCUT2D eigenvalue weighted by molar-refractivity contribution is 0.412. The molecule has 0 aromatic carbocycles. The van der Waals surface area contributed by atoms with Crippen LogP contribution in [0.5, 0.6) is 0 Å². The number of hydrogen-bond donors (Lipinski definition) is 1. The predicted octanol–water partition coefficient (Wildman–Crippen LogP) is 2.87. The maximum atomic E-state index is 8.76.